The maximum Gasteiger partial charge on any atom is 0.407 e. The van der Waals surface area contributed by atoms with Crippen LogP contribution in [0.3, 0.4) is 0 Å². The Balaban J connectivity index is 3.18. The summed E-state index contributed by atoms with van der Waals surface area (Å²) in [5.74, 6) is -0.0733. The molecule has 0 saturated carbocycles. The molecule has 0 fully saturated rings. The summed E-state index contributed by atoms with van der Waals surface area (Å²) in [6, 6.07) is 5.09. The highest BCUT2D eigenvalue weighted by atomic mass is 16.6. The first-order chi connectivity index (χ1) is 21.7. The van der Waals surface area contributed by atoms with Crippen LogP contribution in [0.4, 0.5) is 4.79 Å². The van der Waals surface area contributed by atoms with Gasteiger partial charge in [-0.05, 0) is 82.4 Å². The molecule has 46 heavy (non-hydrogen) atoms. The second kappa shape index (κ2) is 21.7. The van der Waals surface area contributed by atoms with Gasteiger partial charge >= 0.3 is 12.1 Å². The van der Waals surface area contributed by atoms with Crippen molar-refractivity contribution in [3.05, 3.63) is 23.8 Å². The molecule has 0 heterocycles. The lowest BCUT2D eigenvalue weighted by Gasteiger charge is -2.32. The standard InChI is InChI=1S/C35H60N2O9/c1-9-10-16-36-33(41)25(4)20-29(38)28(37-34(42)46-35(5,6)7)23-27(24(2)3)21-26-14-15-30(44-18-11-13-32(39)40)31(22-26)45-19-12-17-43-8/h14-15,22,24-25,27-29,38H,9-13,16-21,23H2,1-8H3,(H,36,41)(H,37,42)(H,39,40)/t25-,27+,28+,29+/m1/s1. The number of rotatable bonds is 23. The van der Waals surface area contributed by atoms with Crippen molar-refractivity contribution in [2.45, 2.75) is 118 Å². The largest absolute Gasteiger partial charge is 0.490 e. The Morgan fingerprint density at radius 2 is 1.61 bits per heavy atom. The normalized spacial score (nSPS) is 14.2. The number of carbonyl (C=O) groups is 3. The number of alkyl carbamates (subject to hydrolysis) is 1. The van der Waals surface area contributed by atoms with Gasteiger partial charge in [-0.1, -0.05) is 40.2 Å². The lowest BCUT2D eigenvalue weighted by molar-refractivity contribution is -0.137. The van der Waals surface area contributed by atoms with Gasteiger partial charge in [-0.15, -0.1) is 0 Å². The maximum absolute atomic E-state index is 12.9. The van der Waals surface area contributed by atoms with E-state index in [0.29, 0.717) is 56.9 Å². The Bertz CT molecular complexity index is 1040. The Hall–Kier alpha value is -3.05. The summed E-state index contributed by atoms with van der Waals surface area (Å²) in [5, 5.41) is 26.1. The molecule has 0 aliphatic carbocycles. The van der Waals surface area contributed by atoms with Gasteiger partial charge in [0.25, 0.3) is 0 Å². The van der Waals surface area contributed by atoms with Gasteiger partial charge in [0.15, 0.2) is 11.5 Å². The molecule has 0 aliphatic rings. The van der Waals surface area contributed by atoms with Crippen LogP contribution < -0.4 is 20.1 Å². The third-order valence-corrected chi connectivity index (χ3v) is 7.59. The predicted molar refractivity (Wildman–Crippen MR) is 178 cm³/mol. The Morgan fingerprint density at radius 1 is 0.935 bits per heavy atom. The fraction of sp³-hybridized carbons (Fsp3) is 0.743. The minimum atomic E-state index is -0.970. The summed E-state index contributed by atoms with van der Waals surface area (Å²) in [4.78, 5) is 36.4. The second-order valence-corrected chi connectivity index (χ2v) is 13.4. The molecule has 0 saturated heterocycles. The van der Waals surface area contributed by atoms with Crippen molar-refractivity contribution in [3.8, 4) is 11.5 Å². The van der Waals surface area contributed by atoms with Crippen LogP contribution >= 0.6 is 0 Å². The van der Waals surface area contributed by atoms with Crippen molar-refractivity contribution in [2.24, 2.45) is 17.8 Å². The summed E-state index contributed by atoms with van der Waals surface area (Å²) < 4.78 is 22.6. The van der Waals surface area contributed by atoms with Crippen LogP contribution in [-0.2, 0) is 25.5 Å². The molecule has 4 N–H and O–H groups in total. The minimum Gasteiger partial charge on any atom is -0.490 e. The smallest absolute Gasteiger partial charge is 0.407 e. The molecule has 264 valence electrons. The molecular weight excluding hydrogens is 592 g/mol. The number of carboxylic acids is 1. The lowest BCUT2D eigenvalue weighted by Crippen LogP contribution is -2.48. The van der Waals surface area contributed by atoms with Crippen LogP contribution in [0.15, 0.2) is 18.2 Å². The van der Waals surface area contributed by atoms with Gasteiger partial charge in [-0.3, -0.25) is 9.59 Å². The van der Waals surface area contributed by atoms with Crippen molar-refractivity contribution in [1.82, 2.24) is 10.6 Å². The SMILES string of the molecule is CCCCNC(=O)[C@H](C)C[C@H](O)[C@H](C[C@H](Cc1ccc(OCCCC(=O)O)c(OCCCOC)c1)C(C)C)NC(=O)OC(C)(C)C. The van der Waals surface area contributed by atoms with Gasteiger partial charge in [-0.2, -0.15) is 0 Å². The quantitative estimate of drug-likeness (QED) is 0.108. The van der Waals surface area contributed by atoms with E-state index in [1.165, 1.54) is 0 Å². The highest BCUT2D eigenvalue weighted by Gasteiger charge is 2.31. The van der Waals surface area contributed by atoms with Crippen LogP contribution in [0.1, 0.15) is 99.0 Å². The average molecular weight is 653 g/mol. The monoisotopic (exact) mass is 652 g/mol. The number of hydrogen-bond donors (Lipinski definition) is 4. The molecule has 1 aromatic carbocycles. The number of benzene rings is 1. The van der Waals surface area contributed by atoms with Crippen molar-refractivity contribution in [2.75, 3.05) is 33.5 Å². The molecule has 0 unspecified atom stereocenters. The molecule has 1 aromatic rings. The molecule has 2 amide bonds. The van der Waals surface area contributed by atoms with E-state index in [1.807, 2.05) is 18.2 Å². The predicted octanol–water partition coefficient (Wildman–Crippen LogP) is 5.75. The van der Waals surface area contributed by atoms with Crippen LogP contribution in [0.25, 0.3) is 0 Å². The van der Waals surface area contributed by atoms with Crippen molar-refractivity contribution < 1.29 is 43.5 Å². The average Bonchev–Trinajstić information content (AvgIpc) is 2.96. The van der Waals surface area contributed by atoms with E-state index < -0.39 is 35.7 Å². The molecule has 0 bridgehead atoms. The number of aliphatic hydroxyl groups excluding tert-OH is 1. The topological polar surface area (TPSA) is 153 Å². The highest BCUT2D eigenvalue weighted by Crippen LogP contribution is 2.32. The molecular formula is C35H60N2O9. The third kappa shape index (κ3) is 17.6. The third-order valence-electron chi connectivity index (χ3n) is 7.59. The van der Waals surface area contributed by atoms with Gasteiger partial charge in [0, 0.05) is 39.0 Å². The summed E-state index contributed by atoms with van der Waals surface area (Å²) in [6.07, 6.45) is 2.65. The van der Waals surface area contributed by atoms with E-state index in [4.69, 9.17) is 24.1 Å². The van der Waals surface area contributed by atoms with E-state index in [9.17, 15) is 19.5 Å². The minimum absolute atomic E-state index is 0.0187. The fourth-order valence-electron chi connectivity index (χ4n) is 4.89. The molecule has 0 radical (unpaired) electrons. The number of aliphatic carboxylic acids is 1. The second-order valence-electron chi connectivity index (χ2n) is 13.4. The highest BCUT2D eigenvalue weighted by molar-refractivity contribution is 5.78. The van der Waals surface area contributed by atoms with Gasteiger partial charge in [0.05, 0.1) is 25.4 Å². The molecule has 0 aliphatic heterocycles. The number of unbranched alkanes of at least 4 members (excludes halogenated alkanes) is 1. The molecule has 4 atom stereocenters. The Morgan fingerprint density at radius 3 is 2.22 bits per heavy atom. The number of amides is 2. The first kappa shape index (κ1) is 41.0. The molecule has 0 aromatic heterocycles. The summed E-state index contributed by atoms with van der Waals surface area (Å²) in [7, 11) is 1.63. The zero-order valence-corrected chi connectivity index (χ0v) is 29.4. The first-order valence-corrected chi connectivity index (χ1v) is 16.7. The van der Waals surface area contributed by atoms with Crippen LogP contribution in [-0.4, -0.2) is 79.4 Å². The number of aliphatic hydroxyl groups is 1. The first-order valence-electron chi connectivity index (χ1n) is 16.7. The van der Waals surface area contributed by atoms with E-state index >= 15 is 0 Å². The Labute approximate surface area is 276 Å². The van der Waals surface area contributed by atoms with Crippen molar-refractivity contribution in [3.63, 3.8) is 0 Å². The number of hydrogen-bond acceptors (Lipinski definition) is 8. The maximum atomic E-state index is 12.9. The summed E-state index contributed by atoms with van der Waals surface area (Å²) >= 11 is 0. The van der Waals surface area contributed by atoms with Gasteiger partial charge in [0.1, 0.15) is 5.60 Å². The number of ether oxygens (including phenoxy) is 4. The lowest BCUT2D eigenvalue weighted by atomic mass is 9.82. The zero-order valence-electron chi connectivity index (χ0n) is 29.4. The zero-order chi connectivity index (χ0) is 34.7. The molecule has 1 rings (SSSR count). The molecule has 11 heteroatoms. The van der Waals surface area contributed by atoms with E-state index in [-0.39, 0.29) is 37.2 Å². The van der Waals surface area contributed by atoms with Crippen LogP contribution in [0.5, 0.6) is 11.5 Å². The summed E-state index contributed by atoms with van der Waals surface area (Å²) in [6.45, 7) is 15.2. The molecule has 0 spiro atoms. The van der Waals surface area contributed by atoms with Crippen LogP contribution in [0, 0.1) is 17.8 Å². The number of carbonyl (C=O) groups excluding carboxylic acids is 2. The van der Waals surface area contributed by atoms with Crippen LogP contribution in [0.2, 0.25) is 0 Å². The van der Waals surface area contributed by atoms with E-state index in [0.717, 1.165) is 18.4 Å². The number of carboxylic acid groups (broad SMARTS) is 1. The van der Waals surface area contributed by atoms with Gasteiger partial charge in [0.2, 0.25) is 5.91 Å². The van der Waals surface area contributed by atoms with E-state index in [1.54, 1.807) is 34.8 Å². The van der Waals surface area contributed by atoms with Gasteiger partial charge in [-0.25, -0.2) is 4.79 Å². The number of methoxy groups -OCH3 is 1. The summed E-state index contributed by atoms with van der Waals surface area (Å²) in [5.41, 5.74) is 0.285. The van der Waals surface area contributed by atoms with Gasteiger partial charge < -0.3 is 39.8 Å². The number of nitrogens with one attached hydrogen (secondary N) is 2. The van der Waals surface area contributed by atoms with E-state index in [2.05, 4.69) is 31.4 Å². The van der Waals surface area contributed by atoms with Crippen molar-refractivity contribution >= 4 is 18.0 Å². The van der Waals surface area contributed by atoms with Crippen molar-refractivity contribution in [1.29, 1.82) is 0 Å². The Kier molecular flexibility index (Phi) is 19.3. The fourth-order valence-corrected chi connectivity index (χ4v) is 4.89. The molecule has 11 nitrogen and oxygen atoms in total.